The van der Waals surface area contributed by atoms with E-state index >= 15 is 0 Å². The third kappa shape index (κ3) is 4.01. The number of hydrogen-bond donors (Lipinski definition) is 2. The van der Waals surface area contributed by atoms with E-state index < -0.39 is 0 Å². The standard InChI is InChI=1S/C20H23N5O2S/c1-14-11-18-19(21-13-14)17(5-10-27-18)22-23-20(28)25-8-6-24(7-9-25)15-3-2-4-16(26)12-15/h2-4,11-13,26H,5-10H2,1H3,(H,23,28)/b22-17-. The van der Waals surface area contributed by atoms with Crippen molar-refractivity contribution in [3.63, 3.8) is 0 Å². The minimum absolute atomic E-state index is 0.286. The molecule has 0 spiro atoms. The molecule has 0 bridgehead atoms. The van der Waals surface area contributed by atoms with Crippen molar-refractivity contribution >= 4 is 28.7 Å². The molecule has 1 saturated heterocycles. The Labute approximate surface area is 169 Å². The molecule has 0 unspecified atom stereocenters. The van der Waals surface area contributed by atoms with Gasteiger partial charge in [-0.25, -0.2) is 0 Å². The van der Waals surface area contributed by atoms with Gasteiger partial charge in [-0.05, 0) is 42.9 Å². The number of aromatic nitrogens is 1. The molecule has 28 heavy (non-hydrogen) atoms. The van der Waals surface area contributed by atoms with E-state index in [0.717, 1.165) is 54.6 Å². The number of nitrogens with zero attached hydrogens (tertiary/aromatic N) is 4. The fourth-order valence-electron chi connectivity index (χ4n) is 3.40. The van der Waals surface area contributed by atoms with Crippen LogP contribution in [0.4, 0.5) is 5.69 Å². The first-order chi connectivity index (χ1) is 13.6. The van der Waals surface area contributed by atoms with E-state index in [4.69, 9.17) is 17.0 Å². The van der Waals surface area contributed by atoms with E-state index in [9.17, 15) is 5.11 Å². The molecule has 4 rings (SSSR count). The number of benzene rings is 1. The molecule has 146 valence electrons. The zero-order valence-electron chi connectivity index (χ0n) is 15.8. The maximum absolute atomic E-state index is 9.67. The van der Waals surface area contributed by atoms with E-state index in [2.05, 4.69) is 25.3 Å². The molecule has 0 amide bonds. The van der Waals surface area contributed by atoms with Crippen LogP contribution in [0.3, 0.4) is 0 Å². The second-order valence-corrected chi connectivity index (χ2v) is 7.31. The summed E-state index contributed by atoms with van der Waals surface area (Å²) in [4.78, 5) is 8.82. The van der Waals surface area contributed by atoms with Crippen LogP contribution in [-0.2, 0) is 0 Å². The van der Waals surface area contributed by atoms with Crippen molar-refractivity contribution in [2.45, 2.75) is 13.3 Å². The van der Waals surface area contributed by atoms with Gasteiger partial charge in [0.25, 0.3) is 0 Å². The molecule has 0 aliphatic carbocycles. The van der Waals surface area contributed by atoms with Crippen molar-refractivity contribution in [2.75, 3.05) is 37.7 Å². The maximum Gasteiger partial charge on any atom is 0.189 e. The highest BCUT2D eigenvalue weighted by Gasteiger charge is 2.21. The Hall–Kier alpha value is -2.87. The number of ether oxygens (including phenoxy) is 1. The van der Waals surface area contributed by atoms with Crippen LogP contribution in [0.1, 0.15) is 17.7 Å². The second-order valence-electron chi connectivity index (χ2n) is 6.93. The van der Waals surface area contributed by atoms with Crippen LogP contribution in [0.2, 0.25) is 0 Å². The number of anilines is 1. The minimum Gasteiger partial charge on any atom is -0.508 e. The van der Waals surface area contributed by atoms with Crippen LogP contribution in [0.5, 0.6) is 11.5 Å². The van der Waals surface area contributed by atoms with Crippen molar-refractivity contribution in [1.29, 1.82) is 0 Å². The van der Waals surface area contributed by atoms with Gasteiger partial charge in [-0.2, -0.15) is 5.10 Å². The summed E-state index contributed by atoms with van der Waals surface area (Å²) in [6.07, 6.45) is 2.52. The van der Waals surface area contributed by atoms with Gasteiger partial charge in [0.05, 0.1) is 12.3 Å². The fraction of sp³-hybridized carbons (Fsp3) is 0.350. The smallest absolute Gasteiger partial charge is 0.189 e. The number of phenolic OH excluding ortho intramolecular Hbond substituents is 1. The summed E-state index contributed by atoms with van der Waals surface area (Å²) in [5.41, 5.74) is 6.76. The zero-order valence-corrected chi connectivity index (χ0v) is 16.6. The molecule has 1 aromatic carbocycles. The van der Waals surface area contributed by atoms with Crippen LogP contribution in [0, 0.1) is 6.92 Å². The monoisotopic (exact) mass is 397 g/mol. The topological polar surface area (TPSA) is 73.2 Å². The lowest BCUT2D eigenvalue weighted by Gasteiger charge is -2.37. The van der Waals surface area contributed by atoms with Crippen LogP contribution in [-0.4, -0.2) is 58.6 Å². The minimum atomic E-state index is 0.286. The van der Waals surface area contributed by atoms with Crippen molar-refractivity contribution in [2.24, 2.45) is 5.10 Å². The molecule has 1 fully saturated rings. The molecule has 8 heteroatoms. The number of fused-ring (bicyclic) bond motifs is 1. The molecule has 3 heterocycles. The number of aryl methyl sites for hydroxylation is 1. The molecular formula is C20H23N5O2S. The van der Waals surface area contributed by atoms with Crippen LogP contribution in [0.25, 0.3) is 0 Å². The summed E-state index contributed by atoms with van der Waals surface area (Å²) in [6.45, 7) is 5.84. The summed E-state index contributed by atoms with van der Waals surface area (Å²) in [6, 6.07) is 9.32. The maximum atomic E-state index is 9.67. The summed E-state index contributed by atoms with van der Waals surface area (Å²) in [5.74, 6) is 1.06. The van der Waals surface area contributed by atoms with Gasteiger partial charge in [-0.15, -0.1) is 0 Å². The average Bonchev–Trinajstić information content (AvgIpc) is 2.72. The van der Waals surface area contributed by atoms with Crippen molar-refractivity contribution < 1.29 is 9.84 Å². The largest absolute Gasteiger partial charge is 0.508 e. The average molecular weight is 398 g/mol. The van der Waals surface area contributed by atoms with Gasteiger partial charge in [-0.1, -0.05) is 6.07 Å². The Morgan fingerprint density at radius 1 is 1.25 bits per heavy atom. The number of hydrazone groups is 1. The van der Waals surface area contributed by atoms with Gasteiger partial charge >= 0.3 is 0 Å². The lowest BCUT2D eigenvalue weighted by Crippen LogP contribution is -2.51. The molecule has 7 nitrogen and oxygen atoms in total. The molecular weight excluding hydrogens is 374 g/mol. The Morgan fingerprint density at radius 2 is 2.07 bits per heavy atom. The first kappa shape index (κ1) is 18.5. The Balaban J connectivity index is 1.36. The van der Waals surface area contributed by atoms with E-state index in [1.807, 2.05) is 31.3 Å². The molecule has 0 radical (unpaired) electrons. The van der Waals surface area contributed by atoms with Gasteiger partial charge in [0.2, 0.25) is 0 Å². The summed E-state index contributed by atoms with van der Waals surface area (Å²) in [7, 11) is 0. The van der Waals surface area contributed by atoms with Gasteiger partial charge in [0.15, 0.2) is 5.11 Å². The second kappa shape index (κ2) is 8.02. The Morgan fingerprint density at radius 3 is 2.86 bits per heavy atom. The number of nitrogens with one attached hydrogen (secondary N) is 1. The highest BCUT2D eigenvalue weighted by atomic mass is 32.1. The van der Waals surface area contributed by atoms with Crippen molar-refractivity contribution in [1.82, 2.24) is 15.3 Å². The predicted molar refractivity (Wildman–Crippen MR) is 113 cm³/mol. The normalized spacial score (nSPS) is 17.8. The zero-order chi connectivity index (χ0) is 19.5. The van der Waals surface area contributed by atoms with Crippen LogP contribution >= 0.6 is 12.2 Å². The van der Waals surface area contributed by atoms with Crippen LogP contribution < -0.4 is 15.1 Å². The number of pyridine rings is 1. The van der Waals surface area contributed by atoms with Crippen molar-refractivity contribution in [3.8, 4) is 11.5 Å². The number of piperazine rings is 1. The van der Waals surface area contributed by atoms with Gasteiger partial charge in [0, 0.05) is 50.6 Å². The van der Waals surface area contributed by atoms with Gasteiger partial charge in [-0.3, -0.25) is 10.4 Å². The van der Waals surface area contributed by atoms with E-state index in [0.29, 0.717) is 18.1 Å². The molecule has 2 aromatic rings. The third-order valence-electron chi connectivity index (χ3n) is 4.91. The third-order valence-corrected chi connectivity index (χ3v) is 5.26. The molecule has 1 aromatic heterocycles. The Kier molecular flexibility index (Phi) is 5.29. The molecule has 2 aliphatic heterocycles. The quantitative estimate of drug-likeness (QED) is 0.595. The highest BCUT2D eigenvalue weighted by molar-refractivity contribution is 7.80. The highest BCUT2D eigenvalue weighted by Crippen LogP contribution is 2.24. The first-order valence-electron chi connectivity index (χ1n) is 9.35. The van der Waals surface area contributed by atoms with Gasteiger partial charge in [0.1, 0.15) is 17.2 Å². The molecule has 0 saturated carbocycles. The SMILES string of the molecule is Cc1cnc2c(c1)OCC/C2=N/NC(=S)N1CCN(c2cccc(O)c2)CC1. The predicted octanol–water partition coefficient (Wildman–Crippen LogP) is 2.28. The van der Waals surface area contributed by atoms with E-state index in [1.54, 1.807) is 12.1 Å². The molecule has 0 atom stereocenters. The molecule has 2 N–H and O–H groups in total. The first-order valence-corrected chi connectivity index (χ1v) is 9.76. The number of phenols is 1. The van der Waals surface area contributed by atoms with Crippen molar-refractivity contribution in [3.05, 3.63) is 47.8 Å². The fourth-order valence-corrected chi connectivity index (χ4v) is 3.63. The summed E-state index contributed by atoms with van der Waals surface area (Å²) in [5, 5.41) is 14.8. The van der Waals surface area contributed by atoms with E-state index in [-0.39, 0.29) is 5.75 Å². The summed E-state index contributed by atoms with van der Waals surface area (Å²) < 4.78 is 5.68. The lowest BCUT2D eigenvalue weighted by atomic mass is 10.1. The molecule has 2 aliphatic rings. The number of aromatic hydroxyl groups is 1. The van der Waals surface area contributed by atoms with Gasteiger partial charge < -0.3 is 19.6 Å². The van der Waals surface area contributed by atoms with Crippen LogP contribution in [0.15, 0.2) is 41.6 Å². The number of rotatable bonds is 2. The van der Waals surface area contributed by atoms with E-state index in [1.165, 1.54) is 0 Å². The number of hydrogen-bond acceptors (Lipinski definition) is 6. The number of thiocarbonyl (C=S) groups is 1. The lowest BCUT2D eigenvalue weighted by molar-refractivity contribution is 0.317. The summed E-state index contributed by atoms with van der Waals surface area (Å²) >= 11 is 5.54. The Bertz CT molecular complexity index is 909.